The summed E-state index contributed by atoms with van der Waals surface area (Å²) in [6.45, 7) is 0. The minimum absolute atomic E-state index is 0.0760. The van der Waals surface area contributed by atoms with Crippen molar-refractivity contribution in [3.63, 3.8) is 0 Å². The van der Waals surface area contributed by atoms with Gasteiger partial charge in [0.15, 0.2) is 11.5 Å². The quantitative estimate of drug-likeness (QED) is 0.135. The molecule has 0 saturated heterocycles. The Bertz CT molecular complexity index is 1530. The second-order valence-electron chi connectivity index (χ2n) is 7.43. The Labute approximate surface area is 235 Å². The second kappa shape index (κ2) is 11.6. The maximum Gasteiger partial charge on any atom is 0.293 e. The van der Waals surface area contributed by atoms with Crippen molar-refractivity contribution in [3.8, 4) is 22.6 Å². The number of hydrogen-bond acceptors (Lipinski definition) is 6. The van der Waals surface area contributed by atoms with Gasteiger partial charge in [0.05, 0.1) is 15.1 Å². The third kappa shape index (κ3) is 6.29. The molecule has 2 aromatic heterocycles. The molecule has 0 aliphatic carbocycles. The van der Waals surface area contributed by atoms with E-state index in [0.717, 1.165) is 0 Å². The summed E-state index contributed by atoms with van der Waals surface area (Å²) in [5, 5.41) is 13.1. The Morgan fingerprint density at radius 2 is 1.24 bits per heavy atom. The minimum Gasteiger partial charge on any atom is -0.451 e. The van der Waals surface area contributed by atoms with Gasteiger partial charge in [0.2, 0.25) is 11.9 Å². The van der Waals surface area contributed by atoms with E-state index < -0.39 is 23.7 Å². The molecule has 4 rings (SSSR count). The van der Waals surface area contributed by atoms with Crippen molar-refractivity contribution < 1.29 is 18.4 Å². The number of furan rings is 2. The molecule has 4 aromatic rings. The second-order valence-corrected chi connectivity index (χ2v) is 9.06. The van der Waals surface area contributed by atoms with Crippen LogP contribution in [0.25, 0.3) is 22.6 Å². The fourth-order valence-corrected chi connectivity index (χ4v) is 3.88. The summed E-state index contributed by atoms with van der Waals surface area (Å²) in [5.74, 6) is -1.76. The van der Waals surface area contributed by atoms with Crippen molar-refractivity contribution >= 4 is 70.1 Å². The normalized spacial score (nSPS) is 11.9. The predicted octanol–water partition coefficient (Wildman–Crippen LogP) is 5.52. The summed E-state index contributed by atoms with van der Waals surface area (Å²) < 4.78 is 11.1. The Morgan fingerprint density at radius 1 is 0.684 bits per heavy atom. The van der Waals surface area contributed by atoms with Crippen LogP contribution in [-0.4, -0.2) is 23.7 Å². The Balaban J connectivity index is 1.37. The van der Waals surface area contributed by atoms with Crippen molar-refractivity contribution in [3.05, 3.63) is 92.3 Å². The monoisotopic (exact) mass is 592 g/mol. The topological polar surface area (TPSA) is 161 Å². The molecule has 38 heavy (non-hydrogen) atoms. The largest absolute Gasteiger partial charge is 0.451 e. The van der Waals surface area contributed by atoms with E-state index in [4.69, 9.17) is 66.7 Å². The van der Waals surface area contributed by atoms with E-state index in [-0.39, 0.29) is 16.5 Å². The highest BCUT2D eigenvalue weighted by Crippen LogP contribution is 2.34. The molecule has 14 heteroatoms. The van der Waals surface area contributed by atoms with E-state index in [2.05, 4.69) is 20.8 Å². The first-order chi connectivity index (χ1) is 18.1. The fraction of sp³-hybridized carbons (Fsp3) is 0. The average Bonchev–Trinajstić information content (AvgIpc) is 3.56. The number of amides is 2. The molecule has 194 valence electrons. The van der Waals surface area contributed by atoms with Crippen LogP contribution in [0, 0.1) is 0 Å². The molecule has 2 aromatic carbocycles. The van der Waals surface area contributed by atoms with Gasteiger partial charge in [-0.3, -0.25) is 20.2 Å². The summed E-state index contributed by atoms with van der Waals surface area (Å²) in [6, 6.07) is 15.8. The number of nitrogens with one attached hydrogen (secondary N) is 2. The van der Waals surface area contributed by atoms with E-state index in [0.29, 0.717) is 37.7 Å². The Morgan fingerprint density at radius 3 is 1.82 bits per heavy atom. The SMILES string of the molecule is NC(=NN=C(N)NC(=O)c1ccc(-c2cccc(Cl)c2Cl)o1)NC(=O)c1ccc(-c2cc(Cl)ccc2Cl)o1. The van der Waals surface area contributed by atoms with Crippen molar-refractivity contribution in [2.75, 3.05) is 0 Å². The van der Waals surface area contributed by atoms with Gasteiger partial charge in [-0.1, -0.05) is 52.5 Å². The molecule has 0 spiro atoms. The third-order valence-electron chi connectivity index (χ3n) is 4.82. The van der Waals surface area contributed by atoms with Crippen molar-refractivity contribution in [1.82, 2.24) is 10.6 Å². The van der Waals surface area contributed by atoms with Gasteiger partial charge >= 0.3 is 0 Å². The fourth-order valence-electron chi connectivity index (χ4n) is 3.10. The number of carbonyl (C=O) groups excluding carboxylic acids is 2. The highest BCUT2D eigenvalue weighted by atomic mass is 35.5. The van der Waals surface area contributed by atoms with Gasteiger partial charge < -0.3 is 20.3 Å². The molecule has 0 fully saturated rings. The van der Waals surface area contributed by atoms with E-state index >= 15 is 0 Å². The molecule has 2 heterocycles. The first kappa shape index (κ1) is 27.1. The maximum atomic E-state index is 12.4. The Kier molecular flexibility index (Phi) is 8.28. The lowest BCUT2D eigenvalue weighted by atomic mass is 10.2. The number of nitrogens with zero attached hydrogens (tertiary/aromatic N) is 2. The zero-order valence-electron chi connectivity index (χ0n) is 19.0. The summed E-state index contributed by atoms with van der Waals surface area (Å²) in [6.07, 6.45) is 0. The number of benzene rings is 2. The number of carbonyl (C=O) groups is 2. The first-order valence-electron chi connectivity index (χ1n) is 10.5. The van der Waals surface area contributed by atoms with Crippen molar-refractivity contribution in [2.45, 2.75) is 0 Å². The van der Waals surface area contributed by atoms with Crippen LogP contribution in [0.5, 0.6) is 0 Å². The Hall–Kier alpha value is -3.96. The first-order valence-corrected chi connectivity index (χ1v) is 12.0. The summed E-state index contributed by atoms with van der Waals surface area (Å²) in [5.41, 5.74) is 12.4. The van der Waals surface area contributed by atoms with Crippen LogP contribution in [0.3, 0.4) is 0 Å². The number of rotatable bonds is 5. The van der Waals surface area contributed by atoms with E-state index in [1.54, 1.807) is 48.5 Å². The van der Waals surface area contributed by atoms with Crippen LogP contribution >= 0.6 is 46.4 Å². The van der Waals surface area contributed by atoms with Gasteiger partial charge in [-0.25, -0.2) is 0 Å². The minimum atomic E-state index is -0.712. The molecule has 0 unspecified atom stereocenters. The molecule has 2 amide bonds. The van der Waals surface area contributed by atoms with E-state index in [1.807, 2.05) is 0 Å². The van der Waals surface area contributed by atoms with Crippen molar-refractivity contribution in [1.29, 1.82) is 0 Å². The van der Waals surface area contributed by atoms with Crippen LogP contribution in [-0.2, 0) is 0 Å². The smallest absolute Gasteiger partial charge is 0.293 e. The van der Waals surface area contributed by atoms with Crippen LogP contribution < -0.4 is 22.1 Å². The molecular formula is C24H16Cl4N6O4. The average molecular weight is 594 g/mol. The number of halogens is 4. The lowest BCUT2D eigenvalue weighted by molar-refractivity contribution is 0.0942. The molecule has 6 N–H and O–H groups in total. The molecule has 0 aliphatic heterocycles. The summed E-state index contributed by atoms with van der Waals surface area (Å²) >= 11 is 24.4. The molecule has 0 saturated carbocycles. The van der Waals surface area contributed by atoms with Crippen LogP contribution in [0.4, 0.5) is 0 Å². The third-order valence-corrected chi connectivity index (χ3v) is 6.20. The van der Waals surface area contributed by atoms with E-state index in [9.17, 15) is 9.59 Å². The zero-order valence-corrected chi connectivity index (χ0v) is 22.0. The number of guanidine groups is 2. The molecule has 0 aliphatic rings. The lowest BCUT2D eigenvalue weighted by Gasteiger charge is -2.03. The number of hydrogen-bond donors (Lipinski definition) is 4. The van der Waals surface area contributed by atoms with Crippen LogP contribution in [0.1, 0.15) is 21.1 Å². The molecule has 0 radical (unpaired) electrons. The van der Waals surface area contributed by atoms with Crippen LogP contribution in [0.15, 0.2) is 79.7 Å². The van der Waals surface area contributed by atoms with Gasteiger partial charge in [-0.2, -0.15) is 0 Å². The van der Waals surface area contributed by atoms with Crippen LogP contribution in [0.2, 0.25) is 20.1 Å². The summed E-state index contributed by atoms with van der Waals surface area (Å²) in [7, 11) is 0. The predicted molar refractivity (Wildman–Crippen MR) is 147 cm³/mol. The molecule has 0 atom stereocenters. The van der Waals surface area contributed by atoms with Gasteiger partial charge in [0, 0.05) is 16.1 Å². The lowest BCUT2D eigenvalue weighted by Crippen LogP contribution is -2.38. The van der Waals surface area contributed by atoms with E-state index in [1.165, 1.54) is 12.1 Å². The maximum absolute atomic E-state index is 12.4. The molecular weight excluding hydrogens is 578 g/mol. The van der Waals surface area contributed by atoms with Crippen molar-refractivity contribution in [2.24, 2.45) is 21.7 Å². The van der Waals surface area contributed by atoms with Gasteiger partial charge in [-0.05, 0) is 54.6 Å². The molecule has 10 nitrogen and oxygen atoms in total. The standard InChI is InChI=1S/C24H16Cl4N6O4/c25-11-4-5-14(26)13(10-11)17-7-9-19(38-17)22(36)32-24(30)34-33-23(29)31-21(35)18-8-6-16(37-18)12-2-1-3-15(27)20(12)28/h1-10H,(H3,29,31,33,35)(H3,30,32,34,36). The van der Waals surface area contributed by atoms with Gasteiger partial charge in [0.25, 0.3) is 11.8 Å². The van der Waals surface area contributed by atoms with Gasteiger partial charge in [-0.15, -0.1) is 10.2 Å². The highest BCUT2D eigenvalue weighted by molar-refractivity contribution is 6.43. The van der Waals surface area contributed by atoms with Gasteiger partial charge in [0.1, 0.15) is 11.5 Å². The molecule has 0 bridgehead atoms. The zero-order chi connectivity index (χ0) is 27.4. The summed E-state index contributed by atoms with van der Waals surface area (Å²) in [4.78, 5) is 24.8. The highest BCUT2D eigenvalue weighted by Gasteiger charge is 2.17. The number of nitrogens with two attached hydrogens (primary N) is 2.